The van der Waals surface area contributed by atoms with Crippen LogP contribution in [-0.2, 0) is 9.59 Å². The van der Waals surface area contributed by atoms with Crippen molar-refractivity contribution in [2.45, 2.75) is 40.5 Å². The van der Waals surface area contributed by atoms with E-state index in [9.17, 15) is 9.59 Å². The molecular formula is C14H23NO3. The maximum Gasteiger partial charge on any atom is 0.303 e. The Labute approximate surface area is 108 Å². The summed E-state index contributed by atoms with van der Waals surface area (Å²) in [4.78, 5) is 22.3. The molecule has 0 spiro atoms. The molecule has 1 aliphatic carbocycles. The monoisotopic (exact) mass is 253 g/mol. The van der Waals surface area contributed by atoms with Crippen molar-refractivity contribution in [3.8, 4) is 0 Å². The normalized spacial score (nSPS) is 24.2. The van der Waals surface area contributed by atoms with E-state index in [2.05, 4.69) is 25.2 Å². The van der Waals surface area contributed by atoms with Crippen molar-refractivity contribution in [1.82, 2.24) is 5.32 Å². The van der Waals surface area contributed by atoms with Crippen molar-refractivity contribution in [3.63, 3.8) is 0 Å². The lowest BCUT2D eigenvalue weighted by molar-refractivity contribution is -0.137. The second-order valence-electron chi connectivity index (χ2n) is 5.86. The van der Waals surface area contributed by atoms with Gasteiger partial charge in [0.1, 0.15) is 0 Å². The molecule has 0 aliphatic heterocycles. The number of hydrogen-bond acceptors (Lipinski definition) is 2. The molecule has 4 nitrogen and oxygen atoms in total. The Bertz CT molecular complexity index is 367. The quantitative estimate of drug-likeness (QED) is 0.563. The molecule has 1 fully saturated rings. The van der Waals surface area contributed by atoms with Crippen molar-refractivity contribution in [2.75, 3.05) is 6.54 Å². The van der Waals surface area contributed by atoms with Gasteiger partial charge in [-0.05, 0) is 31.6 Å². The molecule has 2 atom stereocenters. The Kier molecular flexibility index (Phi) is 4.54. The highest BCUT2D eigenvalue weighted by atomic mass is 16.4. The van der Waals surface area contributed by atoms with Crippen LogP contribution in [0.15, 0.2) is 11.6 Å². The second kappa shape index (κ2) is 5.55. The standard InChI is InChI=1S/C14H23NO3/c1-9(2)8-10-12(14(10,3)4)13(18)15-7-5-6-11(16)17/h8,10,12H,5-7H2,1-4H3,(H,15,18)(H,16,17)/t10-,12-/m0/s1. The van der Waals surface area contributed by atoms with E-state index in [-0.39, 0.29) is 23.7 Å². The van der Waals surface area contributed by atoms with Gasteiger partial charge in [0.05, 0.1) is 5.92 Å². The van der Waals surface area contributed by atoms with Crippen LogP contribution in [0.4, 0.5) is 0 Å². The lowest BCUT2D eigenvalue weighted by Gasteiger charge is -2.04. The Morgan fingerprint density at radius 1 is 1.33 bits per heavy atom. The summed E-state index contributed by atoms with van der Waals surface area (Å²) in [5.74, 6) is -0.439. The van der Waals surface area contributed by atoms with Gasteiger partial charge < -0.3 is 10.4 Å². The zero-order valence-electron chi connectivity index (χ0n) is 11.6. The predicted molar refractivity (Wildman–Crippen MR) is 70.1 cm³/mol. The first-order chi connectivity index (χ1) is 8.26. The van der Waals surface area contributed by atoms with Crippen molar-refractivity contribution in [3.05, 3.63) is 11.6 Å². The molecule has 1 rings (SSSR count). The molecule has 0 unspecified atom stereocenters. The fourth-order valence-electron chi connectivity index (χ4n) is 2.41. The van der Waals surface area contributed by atoms with Crippen LogP contribution in [0.5, 0.6) is 0 Å². The molecule has 0 bridgehead atoms. The Balaban J connectivity index is 2.39. The largest absolute Gasteiger partial charge is 0.481 e. The van der Waals surface area contributed by atoms with Gasteiger partial charge in [0.25, 0.3) is 0 Å². The fourth-order valence-corrected chi connectivity index (χ4v) is 2.41. The molecule has 1 aliphatic rings. The number of carbonyl (C=O) groups is 2. The van der Waals surface area contributed by atoms with Crippen molar-refractivity contribution in [1.29, 1.82) is 0 Å². The van der Waals surface area contributed by atoms with E-state index in [0.29, 0.717) is 18.9 Å². The predicted octanol–water partition coefficient (Wildman–Crippen LogP) is 2.21. The molecule has 1 amide bonds. The van der Waals surface area contributed by atoms with Crippen LogP contribution in [0.2, 0.25) is 0 Å². The molecule has 102 valence electrons. The second-order valence-corrected chi connectivity index (χ2v) is 5.86. The molecule has 0 aromatic heterocycles. The molecule has 4 heteroatoms. The summed E-state index contributed by atoms with van der Waals surface area (Å²) in [5, 5.41) is 11.3. The summed E-state index contributed by atoms with van der Waals surface area (Å²) >= 11 is 0. The Morgan fingerprint density at radius 3 is 2.44 bits per heavy atom. The first kappa shape index (κ1) is 14.7. The van der Waals surface area contributed by atoms with Crippen LogP contribution in [-0.4, -0.2) is 23.5 Å². The van der Waals surface area contributed by atoms with E-state index >= 15 is 0 Å². The van der Waals surface area contributed by atoms with Gasteiger partial charge in [-0.2, -0.15) is 0 Å². The molecule has 0 saturated heterocycles. The van der Waals surface area contributed by atoms with Crippen molar-refractivity contribution < 1.29 is 14.7 Å². The number of aliphatic carboxylic acids is 1. The number of amides is 1. The molecule has 0 aromatic rings. The maximum atomic E-state index is 12.0. The van der Waals surface area contributed by atoms with Crippen LogP contribution in [0.25, 0.3) is 0 Å². The molecule has 0 radical (unpaired) electrons. The van der Waals surface area contributed by atoms with Crippen LogP contribution in [0.1, 0.15) is 40.5 Å². The lowest BCUT2D eigenvalue weighted by atomic mass is 10.1. The SMILES string of the molecule is CC(C)=C[C@H]1[C@@H](C(=O)NCCCC(=O)O)C1(C)C. The summed E-state index contributed by atoms with van der Waals surface area (Å²) in [6.07, 6.45) is 2.74. The van der Waals surface area contributed by atoms with Gasteiger partial charge in [-0.3, -0.25) is 9.59 Å². The fraction of sp³-hybridized carbons (Fsp3) is 0.714. The maximum absolute atomic E-state index is 12.0. The van der Waals surface area contributed by atoms with Gasteiger partial charge in [-0.1, -0.05) is 25.5 Å². The van der Waals surface area contributed by atoms with E-state index in [4.69, 9.17) is 5.11 Å². The van der Waals surface area contributed by atoms with E-state index < -0.39 is 5.97 Å². The van der Waals surface area contributed by atoms with E-state index in [1.165, 1.54) is 5.57 Å². The topological polar surface area (TPSA) is 66.4 Å². The lowest BCUT2D eigenvalue weighted by Crippen LogP contribution is -2.28. The number of hydrogen-bond donors (Lipinski definition) is 2. The Hall–Kier alpha value is -1.32. The number of carboxylic acid groups (broad SMARTS) is 1. The minimum atomic E-state index is -0.821. The van der Waals surface area contributed by atoms with Crippen molar-refractivity contribution >= 4 is 11.9 Å². The number of nitrogens with one attached hydrogen (secondary N) is 1. The van der Waals surface area contributed by atoms with Gasteiger partial charge in [0.15, 0.2) is 0 Å². The molecular weight excluding hydrogens is 230 g/mol. The molecule has 18 heavy (non-hydrogen) atoms. The summed E-state index contributed by atoms with van der Waals surface area (Å²) in [7, 11) is 0. The minimum absolute atomic E-state index is 0.0220. The average molecular weight is 253 g/mol. The van der Waals surface area contributed by atoms with Crippen molar-refractivity contribution in [2.24, 2.45) is 17.3 Å². The minimum Gasteiger partial charge on any atom is -0.481 e. The van der Waals surface area contributed by atoms with Gasteiger partial charge in [0, 0.05) is 13.0 Å². The Morgan fingerprint density at radius 2 is 1.94 bits per heavy atom. The third-order valence-corrected chi connectivity index (χ3v) is 3.57. The average Bonchev–Trinajstić information content (AvgIpc) is 2.74. The summed E-state index contributed by atoms with van der Waals surface area (Å²) < 4.78 is 0. The summed E-state index contributed by atoms with van der Waals surface area (Å²) in [6.45, 7) is 8.71. The summed E-state index contributed by atoms with van der Waals surface area (Å²) in [6, 6.07) is 0. The molecule has 0 heterocycles. The molecule has 0 aromatic carbocycles. The number of allylic oxidation sites excluding steroid dienone is 2. The van der Waals surface area contributed by atoms with Gasteiger partial charge >= 0.3 is 5.97 Å². The number of carboxylic acids is 1. The van der Waals surface area contributed by atoms with Gasteiger partial charge in [-0.25, -0.2) is 0 Å². The highest BCUT2D eigenvalue weighted by Gasteiger charge is 2.60. The van der Waals surface area contributed by atoms with E-state index in [1.54, 1.807) is 0 Å². The number of carbonyl (C=O) groups excluding carboxylic acids is 1. The van der Waals surface area contributed by atoms with Crippen LogP contribution in [0.3, 0.4) is 0 Å². The number of rotatable bonds is 6. The van der Waals surface area contributed by atoms with Gasteiger partial charge in [-0.15, -0.1) is 0 Å². The van der Waals surface area contributed by atoms with E-state index in [1.807, 2.05) is 13.8 Å². The third-order valence-electron chi connectivity index (χ3n) is 3.57. The van der Waals surface area contributed by atoms with Gasteiger partial charge in [0.2, 0.25) is 5.91 Å². The first-order valence-corrected chi connectivity index (χ1v) is 6.41. The first-order valence-electron chi connectivity index (χ1n) is 6.41. The highest BCUT2D eigenvalue weighted by Crippen LogP contribution is 2.59. The zero-order valence-corrected chi connectivity index (χ0v) is 11.6. The van der Waals surface area contributed by atoms with Crippen LogP contribution in [0, 0.1) is 17.3 Å². The van der Waals surface area contributed by atoms with Crippen LogP contribution < -0.4 is 5.32 Å². The van der Waals surface area contributed by atoms with Crippen LogP contribution >= 0.6 is 0 Å². The zero-order chi connectivity index (χ0) is 13.9. The third kappa shape index (κ3) is 3.59. The molecule has 1 saturated carbocycles. The highest BCUT2D eigenvalue weighted by molar-refractivity contribution is 5.83. The van der Waals surface area contributed by atoms with E-state index in [0.717, 1.165) is 0 Å². The smallest absolute Gasteiger partial charge is 0.303 e. The molecule has 2 N–H and O–H groups in total. The summed E-state index contributed by atoms with van der Waals surface area (Å²) in [5.41, 5.74) is 1.25.